The summed E-state index contributed by atoms with van der Waals surface area (Å²) < 4.78 is 5.69. The number of fused-ring (bicyclic) bond motifs is 6. The second-order valence-corrected chi connectivity index (χ2v) is 12.3. The van der Waals surface area contributed by atoms with E-state index in [1.54, 1.807) is 37.3 Å². The molecule has 5 atom stereocenters. The van der Waals surface area contributed by atoms with E-state index in [9.17, 15) is 19.2 Å². The van der Waals surface area contributed by atoms with E-state index < -0.39 is 12.1 Å². The standard InChI is InChI=1S/C36H32N2O5/c1-19-4-7-23(8-5-19)33(39)21(3)43-36(42)28-18-30(37-29-15-6-20(2)16-27(28)29)22-11-13-26(14-12-22)38-34(40)31-24-9-10-25(17-24)32(31)35(38)41/h4-8,11-16,18,21,24-25,31-32H,9-10,17H2,1-3H3. The quantitative estimate of drug-likeness (QED) is 0.149. The smallest absolute Gasteiger partial charge is 0.339 e. The molecule has 1 aromatic heterocycles. The molecular formula is C36H32N2O5. The van der Waals surface area contributed by atoms with E-state index in [1.165, 1.54) is 4.90 Å². The van der Waals surface area contributed by atoms with Crippen LogP contribution in [0.2, 0.25) is 0 Å². The molecule has 3 fully saturated rings. The Hall–Kier alpha value is -4.65. The van der Waals surface area contributed by atoms with Crippen molar-refractivity contribution in [2.45, 2.75) is 46.1 Å². The van der Waals surface area contributed by atoms with Crippen LogP contribution in [0.25, 0.3) is 22.2 Å². The number of rotatable bonds is 6. The summed E-state index contributed by atoms with van der Waals surface area (Å²) in [7, 11) is 0. The number of pyridine rings is 1. The molecule has 2 amide bonds. The normalized spacial score (nSPS) is 23.1. The summed E-state index contributed by atoms with van der Waals surface area (Å²) in [4.78, 5) is 59.3. The Morgan fingerprint density at radius 1 is 0.837 bits per heavy atom. The number of carbonyl (C=O) groups is 4. The molecule has 1 saturated heterocycles. The van der Waals surface area contributed by atoms with Gasteiger partial charge in [0.2, 0.25) is 17.6 Å². The number of ether oxygens (including phenoxy) is 1. The second kappa shape index (κ2) is 10.3. The topological polar surface area (TPSA) is 93.6 Å². The van der Waals surface area contributed by atoms with E-state index in [4.69, 9.17) is 9.72 Å². The van der Waals surface area contributed by atoms with Gasteiger partial charge in [-0.05, 0) is 82.2 Å². The molecule has 7 rings (SSSR count). The number of Topliss-reactive ketones (excluding diaryl/α,β-unsaturated/α-hetero) is 1. The van der Waals surface area contributed by atoms with Gasteiger partial charge in [-0.1, -0.05) is 53.6 Å². The first-order valence-corrected chi connectivity index (χ1v) is 14.9. The number of anilines is 1. The predicted octanol–water partition coefficient (Wildman–Crippen LogP) is 6.48. The number of aryl methyl sites for hydroxylation is 2. The molecule has 0 spiro atoms. The van der Waals surface area contributed by atoms with Crippen molar-refractivity contribution < 1.29 is 23.9 Å². The largest absolute Gasteiger partial charge is 0.451 e. The lowest BCUT2D eigenvalue weighted by Gasteiger charge is -2.19. The van der Waals surface area contributed by atoms with Gasteiger partial charge in [-0.2, -0.15) is 0 Å². The molecule has 2 heterocycles. The summed E-state index contributed by atoms with van der Waals surface area (Å²) in [6.07, 6.45) is 2.09. The third kappa shape index (κ3) is 4.54. The van der Waals surface area contributed by atoms with Crippen LogP contribution in [-0.4, -0.2) is 34.7 Å². The van der Waals surface area contributed by atoms with Gasteiger partial charge in [0.1, 0.15) is 0 Å². The molecule has 4 aromatic rings. The molecule has 2 bridgehead atoms. The van der Waals surface area contributed by atoms with Crippen LogP contribution in [0.5, 0.6) is 0 Å². The fraction of sp³-hybridized carbons (Fsp3) is 0.306. The van der Waals surface area contributed by atoms with Gasteiger partial charge in [0, 0.05) is 16.5 Å². The highest BCUT2D eigenvalue weighted by molar-refractivity contribution is 6.22. The van der Waals surface area contributed by atoms with Gasteiger partial charge in [-0.25, -0.2) is 9.78 Å². The second-order valence-electron chi connectivity index (χ2n) is 12.3. The number of amides is 2. The minimum absolute atomic E-state index is 0.0755. The van der Waals surface area contributed by atoms with Gasteiger partial charge in [0.15, 0.2) is 6.10 Å². The minimum atomic E-state index is -0.976. The van der Waals surface area contributed by atoms with Crippen molar-refractivity contribution in [3.8, 4) is 11.3 Å². The van der Waals surface area contributed by atoms with E-state index >= 15 is 0 Å². The van der Waals surface area contributed by atoms with Crippen LogP contribution in [0.4, 0.5) is 5.69 Å². The Kier molecular flexibility index (Phi) is 6.49. The van der Waals surface area contributed by atoms with E-state index in [-0.39, 0.29) is 29.4 Å². The van der Waals surface area contributed by atoms with Crippen LogP contribution in [-0.2, 0) is 14.3 Å². The molecule has 7 nitrogen and oxygen atoms in total. The number of nitrogens with zero attached hydrogens (tertiary/aromatic N) is 2. The zero-order chi connectivity index (χ0) is 30.0. The number of ketones is 1. The summed E-state index contributed by atoms with van der Waals surface area (Å²) in [5.74, 6) is -0.735. The number of esters is 1. The van der Waals surface area contributed by atoms with E-state index in [0.717, 1.165) is 36.0 Å². The number of hydrogen-bond acceptors (Lipinski definition) is 6. The van der Waals surface area contributed by atoms with Crippen molar-refractivity contribution >= 4 is 40.2 Å². The lowest BCUT2D eigenvalue weighted by molar-refractivity contribution is -0.123. The Morgan fingerprint density at radius 2 is 1.47 bits per heavy atom. The van der Waals surface area contributed by atoms with Crippen LogP contribution < -0.4 is 4.90 Å². The monoisotopic (exact) mass is 572 g/mol. The average Bonchev–Trinajstić information content (AvgIpc) is 3.70. The SMILES string of the molecule is Cc1ccc(C(=O)C(C)OC(=O)c2cc(-c3ccc(N4C(=O)C5C6CCC(C6)C5C4=O)cc3)nc3ccc(C)cc23)cc1. The molecular weight excluding hydrogens is 540 g/mol. The number of imide groups is 1. The number of carbonyl (C=O) groups excluding carboxylic acids is 4. The first-order valence-electron chi connectivity index (χ1n) is 14.9. The molecule has 7 heteroatoms. The molecule has 216 valence electrons. The molecule has 2 saturated carbocycles. The fourth-order valence-corrected chi connectivity index (χ4v) is 7.33. The van der Waals surface area contributed by atoms with Crippen molar-refractivity contribution in [3.05, 3.63) is 95.1 Å². The Bertz CT molecular complexity index is 1780. The van der Waals surface area contributed by atoms with Crippen molar-refractivity contribution in [2.24, 2.45) is 23.7 Å². The summed E-state index contributed by atoms with van der Waals surface area (Å²) in [5.41, 5.74) is 5.23. The maximum Gasteiger partial charge on any atom is 0.339 e. The highest BCUT2D eigenvalue weighted by atomic mass is 16.5. The van der Waals surface area contributed by atoms with Crippen LogP contribution in [0.15, 0.2) is 72.8 Å². The average molecular weight is 573 g/mol. The van der Waals surface area contributed by atoms with Crippen molar-refractivity contribution in [1.29, 1.82) is 0 Å². The Balaban J connectivity index is 1.18. The predicted molar refractivity (Wildman–Crippen MR) is 163 cm³/mol. The zero-order valence-electron chi connectivity index (χ0n) is 24.4. The van der Waals surface area contributed by atoms with Crippen molar-refractivity contribution in [2.75, 3.05) is 4.90 Å². The van der Waals surface area contributed by atoms with Crippen molar-refractivity contribution in [1.82, 2.24) is 4.98 Å². The number of hydrogen-bond donors (Lipinski definition) is 0. The van der Waals surface area contributed by atoms with E-state index in [0.29, 0.717) is 45.2 Å². The minimum Gasteiger partial charge on any atom is -0.451 e. The molecule has 3 aromatic carbocycles. The van der Waals surface area contributed by atoms with Gasteiger partial charge in [-0.3, -0.25) is 19.3 Å². The summed E-state index contributed by atoms with van der Waals surface area (Å²) in [6.45, 7) is 5.46. The van der Waals surface area contributed by atoms with Crippen LogP contribution >= 0.6 is 0 Å². The van der Waals surface area contributed by atoms with Gasteiger partial charge < -0.3 is 4.74 Å². The first kappa shape index (κ1) is 27.2. The fourth-order valence-electron chi connectivity index (χ4n) is 7.33. The maximum absolute atomic E-state index is 13.5. The zero-order valence-corrected chi connectivity index (χ0v) is 24.4. The van der Waals surface area contributed by atoms with Crippen LogP contribution in [0.3, 0.4) is 0 Å². The summed E-state index contributed by atoms with van der Waals surface area (Å²) in [5, 5.41) is 0.634. The van der Waals surface area contributed by atoms with E-state index in [2.05, 4.69) is 0 Å². The third-order valence-electron chi connectivity index (χ3n) is 9.52. The number of aromatic nitrogens is 1. The lowest BCUT2D eigenvalue weighted by Crippen LogP contribution is -2.32. The van der Waals surface area contributed by atoms with Gasteiger partial charge >= 0.3 is 5.97 Å². The first-order chi connectivity index (χ1) is 20.7. The highest BCUT2D eigenvalue weighted by Gasteiger charge is 2.61. The van der Waals surface area contributed by atoms with Crippen LogP contribution in [0.1, 0.15) is 58.0 Å². The highest BCUT2D eigenvalue weighted by Crippen LogP contribution is 2.56. The summed E-state index contributed by atoms with van der Waals surface area (Å²) >= 11 is 0. The molecule has 43 heavy (non-hydrogen) atoms. The van der Waals surface area contributed by atoms with Gasteiger partial charge in [-0.15, -0.1) is 0 Å². The van der Waals surface area contributed by atoms with Crippen LogP contribution in [0, 0.1) is 37.5 Å². The van der Waals surface area contributed by atoms with Gasteiger partial charge in [0.25, 0.3) is 0 Å². The summed E-state index contributed by atoms with van der Waals surface area (Å²) in [6, 6.07) is 21.7. The van der Waals surface area contributed by atoms with E-state index in [1.807, 2.05) is 56.3 Å². The molecule has 5 unspecified atom stereocenters. The Labute approximate surface area is 249 Å². The van der Waals surface area contributed by atoms with Gasteiger partial charge in [0.05, 0.1) is 34.3 Å². The molecule has 1 aliphatic heterocycles. The van der Waals surface area contributed by atoms with Crippen molar-refractivity contribution in [3.63, 3.8) is 0 Å². The lowest BCUT2D eigenvalue weighted by atomic mass is 9.81. The maximum atomic E-state index is 13.5. The number of benzene rings is 3. The molecule has 3 aliphatic rings. The molecule has 0 radical (unpaired) electrons. The third-order valence-corrected chi connectivity index (χ3v) is 9.52. The Morgan fingerprint density at radius 3 is 2.12 bits per heavy atom. The molecule has 2 aliphatic carbocycles. The molecule has 0 N–H and O–H groups in total.